The molecule has 0 bridgehead atoms. The Morgan fingerprint density at radius 2 is 1.89 bits per heavy atom. The molecule has 28 heavy (non-hydrogen) atoms. The van der Waals surface area contributed by atoms with Gasteiger partial charge in [-0.1, -0.05) is 18.2 Å². The van der Waals surface area contributed by atoms with Gasteiger partial charge in [0.2, 0.25) is 0 Å². The lowest BCUT2D eigenvalue weighted by molar-refractivity contribution is 0.00130. The van der Waals surface area contributed by atoms with Gasteiger partial charge in [-0.15, -0.1) is 0 Å². The number of likely N-dealkylation sites (N-methyl/N-ethyl adjacent to an activating group) is 1. The summed E-state index contributed by atoms with van der Waals surface area (Å²) in [5, 5.41) is 0. The molecule has 1 saturated heterocycles. The van der Waals surface area contributed by atoms with Crippen LogP contribution in [0.15, 0.2) is 24.3 Å². The topological polar surface area (TPSA) is 32.8 Å². The molecule has 2 fully saturated rings. The number of likely N-dealkylation sites (tertiary alicyclic amines) is 1. The summed E-state index contributed by atoms with van der Waals surface area (Å²) in [6.45, 7) is 15.5. The smallest absolute Gasteiger partial charge is 0.412 e. The van der Waals surface area contributed by atoms with Crippen LogP contribution in [0.3, 0.4) is 0 Å². The number of carbonyl (C=O) groups excluding carboxylic acids is 1. The summed E-state index contributed by atoms with van der Waals surface area (Å²) >= 11 is 0. The van der Waals surface area contributed by atoms with Gasteiger partial charge in [0.15, 0.2) is 0 Å². The summed E-state index contributed by atoms with van der Waals surface area (Å²) in [6.07, 6.45) is 4.94. The quantitative estimate of drug-likeness (QED) is 0.559. The van der Waals surface area contributed by atoms with Crippen LogP contribution in [0.4, 0.5) is 10.5 Å². The van der Waals surface area contributed by atoms with E-state index in [4.69, 9.17) is 4.74 Å². The fourth-order valence-corrected chi connectivity index (χ4v) is 6.29. The molecule has 0 aromatic heterocycles. The highest BCUT2D eigenvalue weighted by Crippen LogP contribution is 2.65. The van der Waals surface area contributed by atoms with E-state index >= 15 is 0 Å². The summed E-state index contributed by atoms with van der Waals surface area (Å²) in [5.74, 6) is 0. The van der Waals surface area contributed by atoms with E-state index in [1.54, 1.807) is 0 Å². The molecule has 1 aromatic carbocycles. The molecule has 1 aromatic rings. The minimum absolute atomic E-state index is 0.196. The number of benzene rings is 1. The van der Waals surface area contributed by atoms with Gasteiger partial charge in [-0.05, 0) is 89.5 Å². The van der Waals surface area contributed by atoms with Gasteiger partial charge in [0, 0.05) is 19.3 Å². The molecule has 0 unspecified atom stereocenters. The van der Waals surface area contributed by atoms with Crippen LogP contribution >= 0.6 is 0 Å². The van der Waals surface area contributed by atoms with Crippen LogP contribution < -0.4 is 4.90 Å². The number of rotatable bonds is 0. The van der Waals surface area contributed by atoms with E-state index in [0.717, 1.165) is 32.1 Å². The summed E-state index contributed by atoms with van der Waals surface area (Å²) < 4.78 is 5.88. The summed E-state index contributed by atoms with van der Waals surface area (Å²) in [4.78, 5) is 17.8. The highest BCUT2D eigenvalue weighted by Gasteiger charge is 2.70. The van der Waals surface area contributed by atoms with Crippen LogP contribution in [0, 0.1) is 13.8 Å². The average Bonchev–Trinajstić information content (AvgIpc) is 2.95. The number of nitrogens with zero attached hydrogens (tertiary/aromatic N) is 2. The van der Waals surface area contributed by atoms with Crippen LogP contribution in [0.2, 0.25) is 0 Å². The van der Waals surface area contributed by atoms with E-state index < -0.39 is 11.3 Å². The SMILES string of the molecule is C=C1CCCC[C@@]23N(C(=O)OC(C)(C)C)CC[C@@]12c1c(C)cc(C)cc1N3C. The zero-order chi connectivity index (χ0) is 20.5. The van der Waals surface area contributed by atoms with Crippen molar-refractivity contribution >= 4 is 11.8 Å². The number of amides is 1. The van der Waals surface area contributed by atoms with Crippen LogP contribution in [0.25, 0.3) is 0 Å². The predicted octanol–water partition coefficient (Wildman–Crippen LogP) is 5.46. The molecule has 152 valence electrons. The maximum Gasteiger partial charge on any atom is 0.412 e. The number of carbonyl (C=O) groups is 1. The van der Waals surface area contributed by atoms with E-state index in [1.807, 2.05) is 25.7 Å². The number of ether oxygens (including phenoxy) is 1. The Hall–Kier alpha value is -1.97. The van der Waals surface area contributed by atoms with Gasteiger partial charge >= 0.3 is 6.09 Å². The van der Waals surface area contributed by atoms with Crippen molar-refractivity contribution in [3.05, 3.63) is 41.0 Å². The fraction of sp³-hybridized carbons (Fsp3) is 0.625. The largest absolute Gasteiger partial charge is 0.444 e. The van der Waals surface area contributed by atoms with E-state index in [1.165, 1.54) is 28.0 Å². The summed E-state index contributed by atoms with van der Waals surface area (Å²) in [5.41, 5.74) is 5.39. The lowest BCUT2D eigenvalue weighted by Gasteiger charge is -2.49. The van der Waals surface area contributed by atoms with Crippen LogP contribution in [-0.4, -0.2) is 35.8 Å². The highest BCUT2D eigenvalue weighted by molar-refractivity contribution is 5.79. The zero-order valence-electron chi connectivity index (χ0n) is 18.3. The molecule has 1 aliphatic carbocycles. The highest BCUT2D eigenvalue weighted by atomic mass is 16.6. The van der Waals surface area contributed by atoms with E-state index in [9.17, 15) is 4.79 Å². The Balaban J connectivity index is 1.95. The molecule has 4 rings (SSSR count). The van der Waals surface area contributed by atoms with Crippen molar-refractivity contribution in [2.45, 2.75) is 83.4 Å². The number of anilines is 1. The van der Waals surface area contributed by atoms with Gasteiger partial charge in [-0.3, -0.25) is 4.90 Å². The van der Waals surface area contributed by atoms with Crippen LogP contribution in [0.1, 0.15) is 69.6 Å². The third-order valence-corrected chi connectivity index (χ3v) is 7.11. The van der Waals surface area contributed by atoms with E-state index in [2.05, 4.69) is 44.5 Å². The first-order chi connectivity index (χ1) is 13.0. The van der Waals surface area contributed by atoms with E-state index in [0.29, 0.717) is 6.54 Å². The predicted molar refractivity (Wildman–Crippen MR) is 114 cm³/mol. The van der Waals surface area contributed by atoms with E-state index in [-0.39, 0.29) is 11.5 Å². The van der Waals surface area contributed by atoms with Gasteiger partial charge in [0.05, 0.1) is 5.41 Å². The van der Waals surface area contributed by atoms with Crippen molar-refractivity contribution in [3.63, 3.8) is 0 Å². The first kappa shape index (κ1) is 19.4. The Bertz CT molecular complexity index is 853. The molecule has 1 amide bonds. The summed E-state index contributed by atoms with van der Waals surface area (Å²) in [7, 11) is 2.17. The molecule has 0 N–H and O–H groups in total. The molecule has 3 aliphatic rings. The van der Waals surface area contributed by atoms with Crippen molar-refractivity contribution < 1.29 is 9.53 Å². The number of hydrogen-bond donors (Lipinski definition) is 0. The molecule has 4 nitrogen and oxygen atoms in total. The first-order valence-electron chi connectivity index (χ1n) is 10.6. The molecular weight excluding hydrogens is 348 g/mol. The Morgan fingerprint density at radius 1 is 1.18 bits per heavy atom. The van der Waals surface area contributed by atoms with Crippen molar-refractivity contribution in [2.75, 3.05) is 18.5 Å². The van der Waals surface area contributed by atoms with Crippen LogP contribution in [-0.2, 0) is 10.2 Å². The number of fused-ring (bicyclic) bond motifs is 1. The van der Waals surface area contributed by atoms with Crippen molar-refractivity contribution in [3.8, 4) is 0 Å². The maximum absolute atomic E-state index is 13.4. The van der Waals surface area contributed by atoms with Gasteiger partial charge in [0.25, 0.3) is 0 Å². The first-order valence-corrected chi connectivity index (χ1v) is 10.6. The molecule has 0 radical (unpaired) electrons. The molecular formula is C24H34N2O2. The van der Waals surface area contributed by atoms with Gasteiger partial charge in [-0.2, -0.15) is 0 Å². The molecule has 2 atom stereocenters. The molecule has 2 aliphatic heterocycles. The summed E-state index contributed by atoms with van der Waals surface area (Å²) in [6, 6.07) is 4.57. The number of hydrogen-bond acceptors (Lipinski definition) is 3. The second-order valence-electron chi connectivity index (χ2n) is 9.95. The van der Waals surface area contributed by atoms with Gasteiger partial charge in [0.1, 0.15) is 11.3 Å². The van der Waals surface area contributed by atoms with Gasteiger partial charge < -0.3 is 9.64 Å². The fourth-order valence-electron chi connectivity index (χ4n) is 6.29. The normalized spacial score (nSPS) is 29.3. The lowest BCUT2D eigenvalue weighted by Crippen LogP contribution is -2.64. The Labute approximate surface area is 169 Å². The second kappa shape index (κ2) is 6.01. The lowest BCUT2D eigenvalue weighted by atomic mass is 9.65. The molecule has 0 spiro atoms. The molecule has 2 heterocycles. The molecule has 4 heteroatoms. The van der Waals surface area contributed by atoms with Crippen LogP contribution in [0.5, 0.6) is 0 Å². The van der Waals surface area contributed by atoms with Crippen molar-refractivity contribution in [2.24, 2.45) is 0 Å². The zero-order valence-corrected chi connectivity index (χ0v) is 18.3. The second-order valence-corrected chi connectivity index (χ2v) is 9.95. The maximum atomic E-state index is 13.4. The third kappa shape index (κ3) is 2.33. The van der Waals surface area contributed by atoms with Crippen molar-refractivity contribution in [1.82, 2.24) is 4.90 Å². The monoisotopic (exact) mass is 382 g/mol. The Morgan fingerprint density at radius 3 is 2.57 bits per heavy atom. The Kier molecular flexibility index (Phi) is 4.16. The van der Waals surface area contributed by atoms with Crippen molar-refractivity contribution in [1.29, 1.82) is 0 Å². The average molecular weight is 383 g/mol. The minimum Gasteiger partial charge on any atom is -0.444 e. The minimum atomic E-state index is -0.503. The van der Waals surface area contributed by atoms with Gasteiger partial charge in [-0.25, -0.2) is 4.79 Å². The number of aryl methyl sites for hydroxylation is 2. The standard InChI is InChI=1S/C24H34N2O2/c1-16-14-17(2)20-19(15-16)25(7)24-11-9-8-10-18(3)23(20,24)12-13-26(24)21(27)28-22(4,5)6/h14-15H,3,8-13H2,1-2,4-7H3/t23-,24+/m0/s1. The molecule has 1 saturated carbocycles. The third-order valence-electron chi connectivity index (χ3n) is 7.11.